The van der Waals surface area contributed by atoms with E-state index in [-0.39, 0.29) is 5.91 Å². The number of nitrogens with zero attached hydrogens (tertiary/aromatic N) is 1. The standard InChI is InChI=1S/C14H15IN2O2/c1-9(2)13-7-12(19-17-13)8-16-14(18)10-3-5-11(15)6-4-10/h3-7,9H,8H2,1-2H3,(H,16,18). The summed E-state index contributed by atoms with van der Waals surface area (Å²) in [6, 6.07) is 9.29. The smallest absolute Gasteiger partial charge is 0.251 e. The van der Waals surface area contributed by atoms with Crippen molar-refractivity contribution in [3.05, 3.63) is 50.9 Å². The summed E-state index contributed by atoms with van der Waals surface area (Å²) in [5.74, 6) is 0.880. The second-order valence-electron chi connectivity index (χ2n) is 4.56. The monoisotopic (exact) mass is 370 g/mol. The van der Waals surface area contributed by atoms with Crippen LogP contribution in [-0.2, 0) is 6.54 Å². The number of rotatable bonds is 4. The zero-order valence-electron chi connectivity index (χ0n) is 10.8. The molecule has 2 aromatic rings. The molecule has 1 aromatic carbocycles. The fraction of sp³-hybridized carbons (Fsp3) is 0.286. The Labute approximate surface area is 125 Å². The van der Waals surface area contributed by atoms with E-state index in [1.54, 1.807) is 12.1 Å². The van der Waals surface area contributed by atoms with E-state index in [0.29, 0.717) is 23.8 Å². The predicted molar refractivity (Wildman–Crippen MR) is 80.9 cm³/mol. The molecule has 0 saturated heterocycles. The van der Waals surface area contributed by atoms with E-state index < -0.39 is 0 Å². The van der Waals surface area contributed by atoms with Crippen LogP contribution in [0, 0.1) is 3.57 Å². The summed E-state index contributed by atoms with van der Waals surface area (Å²) in [6.07, 6.45) is 0. The summed E-state index contributed by atoms with van der Waals surface area (Å²) < 4.78 is 6.27. The Balaban J connectivity index is 1.94. The Hall–Kier alpha value is -1.37. The maximum Gasteiger partial charge on any atom is 0.251 e. The van der Waals surface area contributed by atoms with Gasteiger partial charge in [-0.2, -0.15) is 0 Å². The quantitative estimate of drug-likeness (QED) is 0.840. The van der Waals surface area contributed by atoms with Gasteiger partial charge in [-0.25, -0.2) is 0 Å². The molecule has 1 amide bonds. The van der Waals surface area contributed by atoms with Crippen molar-refractivity contribution in [1.29, 1.82) is 0 Å². The Bertz CT molecular complexity index is 561. The van der Waals surface area contributed by atoms with Crippen molar-refractivity contribution in [2.45, 2.75) is 26.3 Å². The number of halogens is 1. The van der Waals surface area contributed by atoms with Crippen LogP contribution >= 0.6 is 22.6 Å². The fourth-order valence-electron chi connectivity index (χ4n) is 1.56. The van der Waals surface area contributed by atoms with Crippen molar-refractivity contribution in [3.63, 3.8) is 0 Å². The minimum Gasteiger partial charge on any atom is -0.359 e. The van der Waals surface area contributed by atoms with Crippen LogP contribution in [0.15, 0.2) is 34.9 Å². The third-order valence-electron chi connectivity index (χ3n) is 2.70. The molecule has 0 atom stereocenters. The Morgan fingerprint density at radius 1 is 1.37 bits per heavy atom. The molecule has 0 radical (unpaired) electrons. The normalized spacial score (nSPS) is 10.7. The van der Waals surface area contributed by atoms with Gasteiger partial charge in [-0.1, -0.05) is 19.0 Å². The molecule has 100 valence electrons. The maximum absolute atomic E-state index is 11.9. The lowest BCUT2D eigenvalue weighted by molar-refractivity contribution is 0.0947. The topological polar surface area (TPSA) is 55.1 Å². The maximum atomic E-state index is 11.9. The molecule has 0 bridgehead atoms. The van der Waals surface area contributed by atoms with E-state index in [2.05, 4.69) is 33.1 Å². The lowest BCUT2D eigenvalue weighted by Crippen LogP contribution is -2.22. The summed E-state index contributed by atoms with van der Waals surface area (Å²) in [5.41, 5.74) is 1.54. The minimum absolute atomic E-state index is 0.112. The average Bonchev–Trinajstić information content (AvgIpc) is 2.86. The van der Waals surface area contributed by atoms with Crippen LogP contribution in [0.1, 0.15) is 41.6 Å². The Morgan fingerprint density at radius 3 is 2.63 bits per heavy atom. The molecular weight excluding hydrogens is 355 g/mol. The number of carbonyl (C=O) groups is 1. The van der Waals surface area contributed by atoms with Crippen molar-refractivity contribution in [2.75, 3.05) is 0 Å². The summed E-state index contributed by atoms with van der Waals surface area (Å²) in [7, 11) is 0. The number of nitrogens with one attached hydrogen (secondary N) is 1. The number of aromatic nitrogens is 1. The highest BCUT2D eigenvalue weighted by Gasteiger charge is 2.09. The molecule has 0 spiro atoms. The Morgan fingerprint density at radius 2 is 2.05 bits per heavy atom. The average molecular weight is 370 g/mol. The van der Waals surface area contributed by atoms with Crippen molar-refractivity contribution in [3.8, 4) is 0 Å². The molecule has 19 heavy (non-hydrogen) atoms. The molecule has 4 nitrogen and oxygen atoms in total. The fourth-order valence-corrected chi connectivity index (χ4v) is 1.91. The second-order valence-corrected chi connectivity index (χ2v) is 5.81. The molecule has 2 rings (SSSR count). The van der Waals surface area contributed by atoms with Crippen LogP contribution in [0.4, 0.5) is 0 Å². The lowest BCUT2D eigenvalue weighted by atomic mass is 10.1. The zero-order valence-corrected chi connectivity index (χ0v) is 13.0. The van der Waals surface area contributed by atoms with Crippen LogP contribution in [0.3, 0.4) is 0 Å². The molecule has 0 fully saturated rings. The SMILES string of the molecule is CC(C)c1cc(CNC(=O)c2ccc(I)cc2)on1. The van der Waals surface area contributed by atoms with Crippen molar-refractivity contribution in [2.24, 2.45) is 0 Å². The lowest BCUT2D eigenvalue weighted by Gasteiger charge is -2.02. The highest BCUT2D eigenvalue weighted by molar-refractivity contribution is 14.1. The van der Waals surface area contributed by atoms with Gasteiger partial charge in [0.15, 0.2) is 5.76 Å². The number of amides is 1. The van der Waals surface area contributed by atoms with E-state index >= 15 is 0 Å². The van der Waals surface area contributed by atoms with Gasteiger partial charge < -0.3 is 9.84 Å². The van der Waals surface area contributed by atoms with Gasteiger partial charge in [0, 0.05) is 15.2 Å². The molecule has 1 N–H and O–H groups in total. The molecule has 0 aliphatic heterocycles. The van der Waals surface area contributed by atoms with Crippen LogP contribution in [0.5, 0.6) is 0 Å². The molecule has 1 heterocycles. The van der Waals surface area contributed by atoms with Crippen molar-refractivity contribution >= 4 is 28.5 Å². The molecular formula is C14H15IN2O2. The first-order valence-corrected chi connectivity index (χ1v) is 7.13. The first-order valence-electron chi connectivity index (χ1n) is 6.05. The molecule has 0 unspecified atom stereocenters. The molecule has 0 aliphatic rings. The summed E-state index contributed by atoms with van der Waals surface area (Å²) in [5, 5.41) is 6.76. The van der Waals surface area contributed by atoms with Crippen LogP contribution in [0.25, 0.3) is 0 Å². The number of hydrogen-bond acceptors (Lipinski definition) is 3. The van der Waals surface area contributed by atoms with Gasteiger partial charge in [0.1, 0.15) is 0 Å². The first-order chi connectivity index (χ1) is 9.06. The number of hydrogen-bond donors (Lipinski definition) is 1. The molecule has 5 heteroatoms. The van der Waals surface area contributed by atoms with Gasteiger partial charge in [0.05, 0.1) is 12.2 Å². The molecule has 0 aliphatic carbocycles. The Kier molecular flexibility index (Phi) is 4.57. The van der Waals surface area contributed by atoms with Crippen LogP contribution < -0.4 is 5.32 Å². The van der Waals surface area contributed by atoms with Gasteiger partial charge in [0.25, 0.3) is 5.91 Å². The van der Waals surface area contributed by atoms with E-state index in [0.717, 1.165) is 9.26 Å². The largest absolute Gasteiger partial charge is 0.359 e. The van der Waals surface area contributed by atoms with Gasteiger partial charge in [-0.15, -0.1) is 0 Å². The van der Waals surface area contributed by atoms with Crippen LogP contribution in [-0.4, -0.2) is 11.1 Å². The molecule has 0 saturated carbocycles. The van der Waals surface area contributed by atoms with E-state index in [1.165, 1.54) is 0 Å². The van der Waals surface area contributed by atoms with Crippen molar-refractivity contribution in [1.82, 2.24) is 10.5 Å². The third kappa shape index (κ3) is 3.79. The highest BCUT2D eigenvalue weighted by atomic mass is 127. The van der Waals surface area contributed by atoms with E-state index in [9.17, 15) is 4.79 Å². The zero-order chi connectivity index (χ0) is 13.8. The van der Waals surface area contributed by atoms with Crippen LogP contribution in [0.2, 0.25) is 0 Å². The second kappa shape index (κ2) is 6.18. The van der Waals surface area contributed by atoms with Crippen molar-refractivity contribution < 1.29 is 9.32 Å². The van der Waals surface area contributed by atoms with E-state index in [4.69, 9.17) is 4.52 Å². The number of carbonyl (C=O) groups excluding carboxylic acids is 1. The summed E-state index contributed by atoms with van der Waals surface area (Å²) in [6.45, 7) is 4.45. The van der Waals surface area contributed by atoms with Gasteiger partial charge in [-0.3, -0.25) is 4.79 Å². The van der Waals surface area contributed by atoms with Gasteiger partial charge >= 0.3 is 0 Å². The molecule has 1 aromatic heterocycles. The minimum atomic E-state index is -0.112. The summed E-state index contributed by atoms with van der Waals surface area (Å²) in [4.78, 5) is 11.9. The van der Waals surface area contributed by atoms with E-state index in [1.807, 2.05) is 32.0 Å². The van der Waals surface area contributed by atoms with Gasteiger partial charge in [0.2, 0.25) is 0 Å². The highest BCUT2D eigenvalue weighted by Crippen LogP contribution is 2.14. The predicted octanol–water partition coefficient (Wildman–Crippen LogP) is 3.33. The first kappa shape index (κ1) is 14.0. The third-order valence-corrected chi connectivity index (χ3v) is 3.42. The summed E-state index contributed by atoms with van der Waals surface area (Å²) >= 11 is 2.20. The van der Waals surface area contributed by atoms with Gasteiger partial charge in [-0.05, 0) is 52.8 Å². The number of benzene rings is 1.